The van der Waals surface area contributed by atoms with Crippen LogP contribution >= 0.6 is 69.2 Å². The van der Waals surface area contributed by atoms with Gasteiger partial charge in [-0.05, 0) is 95.4 Å². The minimum absolute atomic E-state index is 0.176. The first kappa shape index (κ1) is 31.3. The number of benzene rings is 3. The molecule has 1 saturated heterocycles. The lowest BCUT2D eigenvalue weighted by atomic mass is 10.1. The normalized spacial score (nSPS) is 14.0. The molecule has 0 spiro atoms. The maximum absolute atomic E-state index is 13.0. The fourth-order valence-corrected chi connectivity index (χ4v) is 6.08. The van der Waals surface area contributed by atoms with Gasteiger partial charge in [-0.3, -0.25) is 19.3 Å². The van der Waals surface area contributed by atoms with Gasteiger partial charge < -0.3 is 19.5 Å². The van der Waals surface area contributed by atoms with E-state index in [1.54, 1.807) is 48.5 Å². The predicted octanol–water partition coefficient (Wildman–Crippen LogP) is 7.91. The Kier molecular flexibility index (Phi) is 10.7. The number of hydrogen-bond acceptors (Lipinski definition) is 7. The molecule has 3 aromatic rings. The number of imide groups is 1. The third kappa shape index (κ3) is 7.81. The Balaban J connectivity index is 1.48. The molecule has 8 nitrogen and oxygen atoms in total. The van der Waals surface area contributed by atoms with Crippen LogP contribution in [0.25, 0.3) is 6.08 Å². The Morgan fingerprint density at radius 2 is 1.80 bits per heavy atom. The molecule has 0 aromatic heterocycles. The van der Waals surface area contributed by atoms with Crippen LogP contribution in [0.3, 0.4) is 0 Å². The number of nitrogens with zero attached hydrogens (tertiary/aromatic N) is 1. The maximum Gasteiger partial charge on any atom is 0.294 e. The van der Waals surface area contributed by atoms with Gasteiger partial charge in [0.25, 0.3) is 11.1 Å². The highest BCUT2D eigenvalue weighted by Gasteiger charge is 2.36. The second kappa shape index (κ2) is 14.0. The van der Waals surface area contributed by atoms with Gasteiger partial charge in [0.1, 0.15) is 18.9 Å². The number of carbonyl (C=O) groups excluding carboxylic acids is 3. The van der Waals surface area contributed by atoms with Crippen LogP contribution in [-0.2, 0) is 16.2 Å². The lowest BCUT2D eigenvalue weighted by Gasteiger charge is -2.15. The molecule has 3 amide bonds. The molecule has 0 atom stereocenters. The summed E-state index contributed by atoms with van der Waals surface area (Å²) in [7, 11) is 1.48. The van der Waals surface area contributed by atoms with E-state index in [4.69, 9.17) is 49.0 Å². The van der Waals surface area contributed by atoms with Crippen molar-refractivity contribution in [3.63, 3.8) is 0 Å². The lowest BCUT2D eigenvalue weighted by Crippen LogP contribution is -2.36. The molecule has 41 heavy (non-hydrogen) atoms. The fraction of sp³-hybridized carbons (Fsp3) is 0.179. The van der Waals surface area contributed by atoms with Crippen molar-refractivity contribution in [3.05, 3.63) is 83.2 Å². The molecule has 1 N–H and O–H groups in total. The molecule has 0 radical (unpaired) electrons. The first-order valence-corrected chi connectivity index (χ1v) is 15.0. The van der Waals surface area contributed by atoms with E-state index in [1.807, 2.05) is 6.92 Å². The van der Waals surface area contributed by atoms with Crippen LogP contribution in [-0.4, -0.2) is 42.2 Å². The van der Waals surface area contributed by atoms with E-state index >= 15 is 0 Å². The van der Waals surface area contributed by atoms with Gasteiger partial charge in [-0.15, -0.1) is 0 Å². The molecule has 0 aliphatic carbocycles. The third-order valence-electron chi connectivity index (χ3n) is 5.63. The Hall–Kier alpha value is -2.64. The van der Waals surface area contributed by atoms with Gasteiger partial charge in [-0.2, -0.15) is 0 Å². The second-order valence-corrected chi connectivity index (χ2v) is 11.9. The van der Waals surface area contributed by atoms with E-state index < -0.39 is 23.6 Å². The first-order valence-electron chi connectivity index (χ1n) is 12.0. The molecule has 1 fully saturated rings. The van der Waals surface area contributed by atoms with E-state index in [0.29, 0.717) is 50.2 Å². The standard InChI is InChI=1S/C28H22Cl3IN2O6S/c1-3-39-23-9-15(8-21(32)26(23)40-14-16-4-5-17(29)11-19(16)30)10-24-27(36)34(28(37)41-24)13-25(35)33-18-6-7-22(38-2)20(31)12-18/h4-12H,3,13-14H2,1-2H3,(H,33,35)/b24-10+. The summed E-state index contributed by atoms with van der Waals surface area (Å²) in [4.78, 5) is 39.3. The maximum atomic E-state index is 13.0. The lowest BCUT2D eigenvalue weighted by molar-refractivity contribution is -0.127. The van der Waals surface area contributed by atoms with E-state index in [2.05, 4.69) is 27.9 Å². The zero-order chi connectivity index (χ0) is 29.7. The number of hydrogen-bond donors (Lipinski definition) is 1. The molecule has 0 unspecified atom stereocenters. The number of carbonyl (C=O) groups is 3. The van der Waals surface area contributed by atoms with E-state index in [1.165, 1.54) is 13.2 Å². The van der Waals surface area contributed by atoms with Crippen molar-refractivity contribution in [1.29, 1.82) is 0 Å². The number of amides is 3. The smallest absolute Gasteiger partial charge is 0.294 e. The van der Waals surface area contributed by atoms with Crippen molar-refractivity contribution in [2.45, 2.75) is 13.5 Å². The van der Waals surface area contributed by atoms with E-state index in [0.717, 1.165) is 25.8 Å². The summed E-state index contributed by atoms with van der Waals surface area (Å²) in [6, 6.07) is 13.4. The number of halogens is 4. The molecule has 4 rings (SSSR count). The van der Waals surface area contributed by atoms with Crippen molar-refractivity contribution < 1.29 is 28.6 Å². The molecule has 1 aliphatic heterocycles. The minimum atomic E-state index is -0.575. The van der Waals surface area contributed by atoms with Crippen molar-refractivity contribution in [2.75, 3.05) is 25.6 Å². The van der Waals surface area contributed by atoms with Gasteiger partial charge in [0.05, 0.1) is 27.2 Å². The van der Waals surface area contributed by atoms with E-state index in [9.17, 15) is 14.4 Å². The average molecular weight is 748 g/mol. The molecule has 3 aromatic carbocycles. The molecule has 1 aliphatic rings. The van der Waals surface area contributed by atoms with Crippen LogP contribution in [0.15, 0.2) is 53.4 Å². The van der Waals surface area contributed by atoms with Gasteiger partial charge in [0, 0.05) is 21.3 Å². The Bertz CT molecular complexity index is 1550. The molecule has 0 bridgehead atoms. The monoisotopic (exact) mass is 746 g/mol. The summed E-state index contributed by atoms with van der Waals surface area (Å²) in [5.41, 5.74) is 1.78. The largest absolute Gasteiger partial charge is 0.495 e. The highest BCUT2D eigenvalue weighted by atomic mass is 127. The summed E-state index contributed by atoms with van der Waals surface area (Å²) in [6.45, 7) is 1.96. The van der Waals surface area contributed by atoms with Gasteiger partial charge in [-0.1, -0.05) is 40.9 Å². The number of anilines is 1. The van der Waals surface area contributed by atoms with Gasteiger partial charge in [0.2, 0.25) is 5.91 Å². The highest BCUT2D eigenvalue weighted by Crippen LogP contribution is 2.38. The number of rotatable bonds is 10. The highest BCUT2D eigenvalue weighted by molar-refractivity contribution is 14.1. The quantitative estimate of drug-likeness (QED) is 0.167. The zero-order valence-electron chi connectivity index (χ0n) is 21.6. The summed E-state index contributed by atoms with van der Waals surface area (Å²) in [5.74, 6) is 0.304. The minimum Gasteiger partial charge on any atom is -0.495 e. The molecule has 13 heteroatoms. The Labute approximate surface area is 269 Å². The summed E-state index contributed by atoms with van der Waals surface area (Å²) in [5, 5.41) is 3.40. The van der Waals surface area contributed by atoms with Crippen LogP contribution in [0.5, 0.6) is 17.2 Å². The van der Waals surface area contributed by atoms with Crippen molar-refractivity contribution in [1.82, 2.24) is 4.90 Å². The molecule has 1 heterocycles. The third-order valence-corrected chi connectivity index (χ3v) is 8.22. The fourth-order valence-electron chi connectivity index (χ4n) is 3.74. The van der Waals surface area contributed by atoms with Crippen molar-refractivity contribution in [3.8, 4) is 17.2 Å². The summed E-state index contributed by atoms with van der Waals surface area (Å²) >= 11 is 21.2. The molecular formula is C28H22Cl3IN2O6S. The van der Waals surface area contributed by atoms with Crippen LogP contribution < -0.4 is 19.5 Å². The second-order valence-electron chi connectivity index (χ2n) is 8.45. The number of thioether (sulfide) groups is 1. The average Bonchev–Trinajstić information content (AvgIpc) is 3.16. The Morgan fingerprint density at radius 3 is 2.49 bits per heavy atom. The molecule has 0 saturated carbocycles. The zero-order valence-corrected chi connectivity index (χ0v) is 26.9. The molecule has 214 valence electrons. The van der Waals surface area contributed by atoms with Crippen LogP contribution in [0, 0.1) is 3.57 Å². The van der Waals surface area contributed by atoms with Crippen LogP contribution in [0.1, 0.15) is 18.1 Å². The number of methoxy groups -OCH3 is 1. The summed E-state index contributed by atoms with van der Waals surface area (Å²) in [6.07, 6.45) is 1.58. The van der Waals surface area contributed by atoms with Crippen molar-refractivity contribution in [2.24, 2.45) is 0 Å². The van der Waals surface area contributed by atoms with Gasteiger partial charge in [0.15, 0.2) is 11.5 Å². The molecular weight excluding hydrogens is 726 g/mol. The SMILES string of the molecule is CCOc1cc(/C=C2/SC(=O)N(CC(=O)Nc3ccc(OC)c(Cl)c3)C2=O)cc(I)c1OCc1ccc(Cl)cc1Cl. The number of ether oxygens (including phenoxy) is 3. The van der Waals surface area contributed by atoms with Crippen LogP contribution in [0.2, 0.25) is 15.1 Å². The van der Waals surface area contributed by atoms with Crippen LogP contribution in [0.4, 0.5) is 10.5 Å². The topological polar surface area (TPSA) is 94.2 Å². The number of nitrogens with one attached hydrogen (secondary N) is 1. The van der Waals surface area contributed by atoms with E-state index in [-0.39, 0.29) is 11.5 Å². The predicted molar refractivity (Wildman–Crippen MR) is 170 cm³/mol. The van der Waals surface area contributed by atoms with Gasteiger partial charge in [-0.25, -0.2) is 0 Å². The van der Waals surface area contributed by atoms with Gasteiger partial charge >= 0.3 is 0 Å². The Morgan fingerprint density at radius 1 is 1.02 bits per heavy atom. The summed E-state index contributed by atoms with van der Waals surface area (Å²) < 4.78 is 17.7. The van der Waals surface area contributed by atoms with Crippen molar-refractivity contribution >= 4 is 98.0 Å². The first-order chi connectivity index (χ1) is 19.6.